The highest BCUT2D eigenvalue weighted by molar-refractivity contribution is 5.24. The normalized spacial score (nSPS) is 22.4. The maximum absolute atomic E-state index is 14.0. The zero-order chi connectivity index (χ0) is 15.9. The molecule has 1 N–H and O–H groups in total. The lowest BCUT2D eigenvalue weighted by atomic mass is 10.0. The Hall–Kier alpha value is -1.79. The van der Waals surface area contributed by atoms with E-state index in [2.05, 4.69) is 4.98 Å². The Bertz CT molecular complexity index is 667. The van der Waals surface area contributed by atoms with E-state index in [1.165, 1.54) is 6.07 Å². The minimum atomic E-state index is -0.579. The molecule has 2 heterocycles. The van der Waals surface area contributed by atoms with E-state index in [0.717, 1.165) is 23.6 Å². The quantitative estimate of drug-likeness (QED) is 0.947. The number of likely N-dealkylation sites (tertiary alicyclic amines) is 1. The van der Waals surface area contributed by atoms with Gasteiger partial charge < -0.3 is 9.52 Å². The van der Waals surface area contributed by atoms with Gasteiger partial charge >= 0.3 is 0 Å². The molecule has 6 heteroatoms. The Morgan fingerprint density at radius 3 is 2.82 bits per heavy atom. The van der Waals surface area contributed by atoms with Gasteiger partial charge in [0.15, 0.2) is 0 Å². The third-order valence-electron chi connectivity index (χ3n) is 4.11. The second-order valence-corrected chi connectivity index (χ2v) is 5.75. The number of aromatic nitrogens is 1. The van der Waals surface area contributed by atoms with Crippen LogP contribution in [0.4, 0.5) is 8.78 Å². The van der Waals surface area contributed by atoms with Crippen molar-refractivity contribution in [1.82, 2.24) is 9.88 Å². The van der Waals surface area contributed by atoms with Crippen LogP contribution in [0.2, 0.25) is 0 Å². The van der Waals surface area contributed by atoms with E-state index in [9.17, 15) is 13.9 Å². The van der Waals surface area contributed by atoms with Crippen LogP contribution in [-0.2, 0) is 6.54 Å². The summed E-state index contributed by atoms with van der Waals surface area (Å²) in [7, 11) is 0. The number of benzene rings is 1. The number of β-amino-alcohol motifs (C(OH)–C–C–N with tert-alkyl or cyclic N) is 1. The number of aryl methyl sites for hydroxylation is 2. The Kier molecular flexibility index (Phi) is 3.97. The molecule has 0 radical (unpaired) electrons. The second kappa shape index (κ2) is 5.78. The Morgan fingerprint density at radius 1 is 1.36 bits per heavy atom. The van der Waals surface area contributed by atoms with E-state index in [-0.39, 0.29) is 5.56 Å². The molecule has 2 aromatic rings. The largest absolute Gasteiger partial charge is 0.444 e. The number of rotatable bonds is 3. The van der Waals surface area contributed by atoms with Crippen molar-refractivity contribution in [2.24, 2.45) is 0 Å². The molecule has 1 aliphatic rings. The van der Waals surface area contributed by atoms with Crippen LogP contribution >= 0.6 is 0 Å². The molecular formula is C16H18F2N2O2. The Labute approximate surface area is 127 Å². The monoisotopic (exact) mass is 308 g/mol. The van der Waals surface area contributed by atoms with Gasteiger partial charge in [-0.05, 0) is 38.5 Å². The van der Waals surface area contributed by atoms with E-state index >= 15 is 0 Å². The lowest BCUT2D eigenvalue weighted by Gasteiger charge is -2.23. The van der Waals surface area contributed by atoms with Gasteiger partial charge in [-0.2, -0.15) is 0 Å². The van der Waals surface area contributed by atoms with Gasteiger partial charge in [0.05, 0.1) is 18.3 Å². The Balaban J connectivity index is 1.87. The predicted octanol–water partition coefficient (Wildman–Crippen LogP) is 2.88. The lowest BCUT2D eigenvalue weighted by molar-refractivity contribution is 0.166. The number of hydrogen-bond donors (Lipinski definition) is 1. The predicted molar refractivity (Wildman–Crippen MR) is 76.1 cm³/mol. The minimum Gasteiger partial charge on any atom is -0.444 e. The van der Waals surface area contributed by atoms with Crippen molar-refractivity contribution in [2.45, 2.75) is 39.0 Å². The Morgan fingerprint density at radius 2 is 2.14 bits per heavy atom. The standard InChI is InChI=1S/C16H18F2N2O2/c1-9-10(2)22-16(19-9)8-20-7-12(21)6-15(20)13-5-11(17)3-4-14(13)18/h3-5,12,15,21H,6-8H2,1-2H3/t12-,15+/m1/s1. The summed E-state index contributed by atoms with van der Waals surface area (Å²) >= 11 is 0. The lowest BCUT2D eigenvalue weighted by Crippen LogP contribution is -2.25. The van der Waals surface area contributed by atoms with Crippen molar-refractivity contribution in [1.29, 1.82) is 0 Å². The van der Waals surface area contributed by atoms with Gasteiger partial charge in [0.2, 0.25) is 5.89 Å². The molecule has 1 aromatic carbocycles. The topological polar surface area (TPSA) is 49.5 Å². The van der Waals surface area contributed by atoms with Gasteiger partial charge in [0.25, 0.3) is 0 Å². The van der Waals surface area contributed by atoms with Crippen LogP contribution in [0.5, 0.6) is 0 Å². The molecule has 0 aliphatic carbocycles. The first-order valence-corrected chi connectivity index (χ1v) is 7.24. The molecule has 1 fully saturated rings. The third-order valence-corrected chi connectivity index (χ3v) is 4.11. The maximum Gasteiger partial charge on any atom is 0.208 e. The first kappa shape index (κ1) is 15.1. The van der Waals surface area contributed by atoms with Crippen molar-refractivity contribution >= 4 is 0 Å². The summed E-state index contributed by atoms with van der Waals surface area (Å²) in [6.45, 7) is 4.41. The van der Waals surface area contributed by atoms with Gasteiger partial charge in [0, 0.05) is 18.2 Å². The second-order valence-electron chi connectivity index (χ2n) is 5.75. The van der Waals surface area contributed by atoms with Crippen LogP contribution in [0.1, 0.15) is 35.4 Å². The zero-order valence-corrected chi connectivity index (χ0v) is 12.5. The molecule has 3 rings (SSSR count). The first-order chi connectivity index (χ1) is 10.4. The summed E-state index contributed by atoms with van der Waals surface area (Å²) in [5.74, 6) is 0.306. The number of oxazole rings is 1. The summed E-state index contributed by atoms with van der Waals surface area (Å²) in [5, 5.41) is 9.92. The van der Waals surface area contributed by atoms with Crippen molar-refractivity contribution in [3.05, 3.63) is 52.7 Å². The molecule has 0 amide bonds. The molecule has 1 aromatic heterocycles. The van der Waals surface area contributed by atoms with Crippen LogP contribution in [-0.4, -0.2) is 27.6 Å². The average Bonchev–Trinajstić information content (AvgIpc) is 2.96. The van der Waals surface area contributed by atoms with Gasteiger partial charge in [-0.15, -0.1) is 0 Å². The molecule has 118 valence electrons. The molecule has 0 unspecified atom stereocenters. The first-order valence-electron chi connectivity index (χ1n) is 7.24. The van der Waals surface area contributed by atoms with Crippen LogP contribution in [0.3, 0.4) is 0 Å². The van der Waals surface area contributed by atoms with Crippen molar-refractivity contribution in [3.63, 3.8) is 0 Å². The molecule has 1 aliphatic heterocycles. The molecule has 0 bridgehead atoms. The van der Waals surface area contributed by atoms with Crippen molar-refractivity contribution in [2.75, 3.05) is 6.54 Å². The van der Waals surface area contributed by atoms with Gasteiger partial charge in [0.1, 0.15) is 17.4 Å². The van der Waals surface area contributed by atoms with Crippen LogP contribution in [0, 0.1) is 25.5 Å². The van der Waals surface area contributed by atoms with E-state index < -0.39 is 23.8 Å². The molecular weight excluding hydrogens is 290 g/mol. The maximum atomic E-state index is 14.0. The van der Waals surface area contributed by atoms with Crippen LogP contribution in [0.15, 0.2) is 22.6 Å². The molecule has 4 nitrogen and oxygen atoms in total. The van der Waals surface area contributed by atoms with E-state index in [1.807, 2.05) is 18.7 Å². The van der Waals surface area contributed by atoms with Crippen molar-refractivity contribution in [3.8, 4) is 0 Å². The average molecular weight is 308 g/mol. The van der Waals surface area contributed by atoms with Gasteiger partial charge in [-0.3, -0.25) is 4.90 Å². The zero-order valence-electron chi connectivity index (χ0n) is 12.5. The van der Waals surface area contributed by atoms with Crippen LogP contribution < -0.4 is 0 Å². The SMILES string of the molecule is Cc1nc(CN2C[C@H](O)C[C@H]2c2cc(F)ccc2F)oc1C. The summed E-state index contributed by atoms with van der Waals surface area (Å²) in [4.78, 5) is 6.18. The summed E-state index contributed by atoms with van der Waals surface area (Å²) in [6, 6.07) is 3.01. The number of halogens is 2. The highest BCUT2D eigenvalue weighted by atomic mass is 19.1. The number of hydrogen-bond acceptors (Lipinski definition) is 4. The van der Waals surface area contributed by atoms with Crippen molar-refractivity contribution < 1.29 is 18.3 Å². The number of aliphatic hydroxyl groups excluding tert-OH is 1. The van der Waals surface area contributed by atoms with Crippen LogP contribution in [0.25, 0.3) is 0 Å². The fourth-order valence-corrected chi connectivity index (χ4v) is 2.93. The highest BCUT2D eigenvalue weighted by Gasteiger charge is 2.34. The van der Waals surface area contributed by atoms with Gasteiger partial charge in [-0.25, -0.2) is 13.8 Å². The molecule has 2 atom stereocenters. The van der Waals surface area contributed by atoms with E-state index in [4.69, 9.17) is 4.42 Å². The summed E-state index contributed by atoms with van der Waals surface area (Å²) < 4.78 is 33.0. The molecule has 0 saturated carbocycles. The number of aliphatic hydroxyl groups is 1. The fourth-order valence-electron chi connectivity index (χ4n) is 2.93. The number of nitrogens with zero attached hydrogens (tertiary/aromatic N) is 2. The molecule has 0 spiro atoms. The summed E-state index contributed by atoms with van der Waals surface area (Å²) in [6.07, 6.45) is -0.219. The summed E-state index contributed by atoms with van der Waals surface area (Å²) in [5.41, 5.74) is 1.07. The third kappa shape index (κ3) is 2.89. The smallest absolute Gasteiger partial charge is 0.208 e. The highest BCUT2D eigenvalue weighted by Crippen LogP contribution is 2.35. The van der Waals surface area contributed by atoms with Gasteiger partial charge in [-0.1, -0.05) is 0 Å². The minimum absolute atomic E-state index is 0.261. The van der Waals surface area contributed by atoms with E-state index in [1.54, 1.807) is 0 Å². The fraction of sp³-hybridized carbons (Fsp3) is 0.438. The van der Waals surface area contributed by atoms with E-state index in [0.29, 0.717) is 25.4 Å². The molecule has 22 heavy (non-hydrogen) atoms. The molecule has 1 saturated heterocycles.